The molecule has 0 radical (unpaired) electrons. The molecule has 0 saturated heterocycles. The van der Waals surface area contributed by atoms with Crippen molar-refractivity contribution in [2.75, 3.05) is 0 Å². The lowest BCUT2D eigenvalue weighted by molar-refractivity contribution is 0.628. The van der Waals surface area contributed by atoms with Crippen molar-refractivity contribution in [3.63, 3.8) is 0 Å². The van der Waals surface area contributed by atoms with Gasteiger partial charge in [0, 0.05) is 29.3 Å². The molecule has 0 atom stereocenters. The lowest BCUT2D eigenvalue weighted by Crippen LogP contribution is -2.23. The van der Waals surface area contributed by atoms with Gasteiger partial charge in [-0.25, -0.2) is 4.39 Å². The summed E-state index contributed by atoms with van der Waals surface area (Å²) in [7, 11) is 0. The van der Waals surface area contributed by atoms with Crippen LogP contribution >= 0.6 is 0 Å². The van der Waals surface area contributed by atoms with Gasteiger partial charge in [0.1, 0.15) is 17.6 Å². The summed E-state index contributed by atoms with van der Waals surface area (Å²) in [5.74, 6) is -0.415. The summed E-state index contributed by atoms with van der Waals surface area (Å²) < 4.78 is 15.3. The maximum Gasteiger partial charge on any atom is 0.259 e. The number of nitrogens with zero attached hydrogens (tertiary/aromatic N) is 3. The average Bonchev–Trinajstić information content (AvgIpc) is 3.24. The minimum Gasteiger partial charge on any atom is -0.295 e. The molecule has 0 aliphatic heterocycles. The summed E-state index contributed by atoms with van der Waals surface area (Å²) in [6, 6.07) is 13.5. The highest BCUT2D eigenvalue weighted by Crippen LogP contribution is 2.33. The highest BCUT2D eigenvalue weighted by atomic mass is 19.1. The summed E-state index contributed by atoms with van der Waals surface area (Å²) in [5, 5.41) is 17.6. The molecular weight excluding hydrogens is 355 g/mol. The Balaban J connectivity index is 2.17. The predicted molar refractivity (Wildman–Crippen MR) is 106 cm³/mol. The second-order valence-electron chi connectivity index (χ2n) is 6.30. The Morgan fingerprint density at radius 1 is 1.18 bits per heavy atom. The molecule has 0 bridgehead atoms. The Morgan fingerprint density at radius 2 is 2.04 bits per heavy atom. The second kappa shape index (κ2) is 6.97. The Bertz CT molecular complexity index is 1300. The predicted octanol–water partition coefficient (Wildman–Crippen LogP) is 4.26. The van der Waals surface area contributed by atoms with Crippen molar-refractivity contribution >= 4 is 10.8 Å². The van der Waals surface area contributed by atoms with Crippen molar-refractivity contribution in [1.82, 2.24) is 14.8 Å². The zero-order valence-corrected chi connectivity index (χ0v) is 14.8. The van der Waals surface area contributed by atoms with E-state index in [0.717, 1.165) is 11.1 Å². The first-order chi connectivity index (χ1) is 13.6. The fourth-order valence-corrected chi connectivity index (χ4v) is 3.39. The van der Waals surface area contributed by atoms with E-state index in [4.69, 9.17) is 0 Å². The lowest BCUT2D eigenvalue weighted by atomic mass is 9.94. The number of nitrogens with one attached hydrogen (secondary N) is 1. The van der Waals surface area contributed by atoms with Crippen LogP contribution in [0.25, 0.3) is 33.0 Å². The summed E-state index contributed by atoms with van der Waals surface area (Å²) >= 11 is 0. The number of H-pyrrole nitrogens is 1. The highest BCUT2D eigenvalue weighted by Gasteiger charge is 2.18. The quantitative estimate of drug-likeness (QED) is 0.546. The van der Waals surface area contributed by atoms with Crippen LogP contribution in [0, 0.1) is 17.1 Å². The summed E-state index contributed by atoms with van der Waals surface area (Å²) in [4.78, 5) is 13.0. The van der Waals surface area contributed by atoms with Crippen LogP contribution in [0.5, 0.6) is 0 Å². The molecule has 28 heavy (non-hydrogen) atoms. The molecule has 0 unspecified atom stereocenters. The maximum atomic E-state index is 13.9. The molecule has 2 aromatic carbocycles. The highest BCUT2D eigenvalue weighted by molar-refractivity contribution is 6.00. The molecule has 0 aliphatic carbocycles. The molecule has 0 aliphatic rings. The third-order valence-electron chi connectivity index (χ3n) is 4.63. The monoisotopic (exact) mass is 370 g/mol. The van der Waals surface area contributed by atoms with E-state index < -0.39 is 5.82 Å². The van der Waals surface area contributed by atoms with E-state index in [0.29, 0.717) is 21.9 Å². The van der Waals surface area contributed by atoms with Crippen LogP contribution in [0.1, 0.15) is 5.69 Å². The molecular formula is C22H15FN4O. The molecule has 2 aromatic heterocycles. The topological polar surface area (TPSA) is 74.5 Å². The van der Waals surface area contributed by atoms with E-state index in [1.807, 2.05) is 12.1 Å². The minimum atomic E-state index is -0.415. The smallest absolute Gasteiger partial charge is 0.259 e. The Hall–Kier alpha value is -3.98. The number of hydrogen-bond acceptors (Lipinski definition) is 3. The van der Waals surface area contributed by atoms with Gasteiger partial charge in [0.2, 0.25) is 0 Å². The number of nitriles is 1. The van der Waals surface area contributed by atoms with Crippen molar-refractivity contribution in [3.8, 4) is 28.3 Å². The van der Waals surface area contributed by atoms with Crippen molar-refractivity contribution in [2.24, 2.45) is 0 Å². The zero-order chi connectivity index (χ0) is 19.7. The second-order valence-corrected chi connectivity index (χ2v) is 6.30. The molecule has 1 N–H and O–H groups in total. The van der Waals surface area contributed by atoms with Crippen molar-refractivity contribution < 1.29 is 4.39 Å². The van der Waals surface area contributed by atoms with E-state index in [2.05, 4.69) is 22.8 Å². The standard InChI is InChI=1S/C22H15FN4O/c1-2-8-27-20(11-24)21(15-4-3-5-17(23)9-15)19-10-14(16-12-25-26-13-16)6-7-18(19)22(27)28/h2-7,9-10,12-13H,1,8H2,(H,25,26). The number of pyridine rings is 1. The molecule has 4 aromatic rings. The number of benzene rings is 2. The van der Waals surface area contributed by atoms with Crippen LogP contribution in [0.3, 0.4) is 0 Å². The molecule has 6 heteroatoms. The first-order valence-electron chi connectivity index (χ1n) is 8.60. The van der Waals surface area contributed by atoms with Gasteiger partial charge in [-0.05, 0) is 40.8 Å². The van der Waals surface area contributed by atoms with Crippen LogP contribution in [0.2, 0.25) is 0 Å². The first-order valence-corrected chi connectivity index (χ1v) is 8.60. The van der Waals surface area contributed by atoms with Crippen LogP contribution in [0.15, 0.2) is 72.3 Å². The van der Waals surface area contributed by atoms with E-state index in [-0.39, 0.29) is 17.8 Å². The fourth-order valence-electron chi connectivity index (χ4n) is 3.39. The number of rotatable bonds is 4. The fraction of sp³-hybridized carbons (Fsp3) is 0.0455. The van der Waals surface area contributed by atoms with Gasteiger partial charge in [0.15, 0.2) is 0 Å². The molecule has 0 spiro atoms. The molecule has 2 heterocycles. The number of aromatic nitrogens is 3. The molecule has 0 fully saturated rings. The number of aromatic amines is 1. The molecule has 136 valence electrons. The van der Waals surface area contributed by atoms with Gasteiger partial charge in [0.25, 0.3) is 5.56 Å². The van der Waals surface area contributed by atoms with Crippen molar-refractivity contribution in [3.05, 3.63) is 89.4 Å². The van der Waals surface area contributed by atoms with Gasteiger partial charge in [-0.2, -0.15) is 10.4 Å². The van der Waals surface area contributed by atoms with Crippen molar-refractivity contribution in [1.29, 1.82) is 5.26 Å². The largest absolute Gasteiger partial charge is 0.295 e. The minimum absolute atomic E-state index is 0.173. The summed E-state index contributed by atoms with van der Waals surface area (Å²) in [6.45, 7) is 3.86. The third kappa shape index (κ3) is 2.79. The van der Waals surface area contributed by atoms with Gasteiger partial charge in [-0.3, -0.25) is 14.5 Å². The van der Waals surface area contributed by atoms with Crippen LogP contribution in [-0.2, 0) is 6.54 Å². The normalized spacial score (nSPS) is 10.7. The Labute approximate surface area is 160 Å². The lowest BCUT2D eigenvalue weighted by Gasteiger charge is -2.15. The SMILES string of the molecule is C=CCn1c(C#N)c(-c2cccc(F)c2)c2cc(-c3cn[nH]c3)ccc2c1=O. The van der Waals surface area contributed by atoms with Gasteiger partial charge >= 0.3 is 0 Å². The van der Waals surface area contributed by atoms with E-state index >= 15 is 0 Å². The van der Waals surface area contributed by atoms with E-state index in [1.165, 1.54) is 16.7 Å². The zero-order valence-electron chi connectivity index (χ0n) is 14.8. The van der Waals surface area contributed by atoms with Gasteiger partial charge < -0.3 is 0 Å². The summed E-state index contributed by atoms with van der Waals surface area (Å²) in [6.07, 6.45) is 4.98. The van der Waals surface area contributed by atoms with Crippen LogP contribution in [-0.4, -0.2) is 14.8 Å². The Kier molecular flexibility index (Phi) is 4.34. The van der Waals surface area contributed by atoms with Gasteiger partial charge in [0.05, 0.1) is 6.20 Å². The molecule has 0 saturated carbocycles. The first kappa shape index (κ1) is 17.4. The van der Waals surface area contributed by atoms with Crippen molar-refractivity contribution in [2.45, 2.75) is 6.54 Å². The van der Waals surface area contributed by atoms with E-state index in [1.54, 1.807) is 36.7 Å². The molecule has 5 nitrogen and oxygen atoms in total. The average molecular weight is 370 g/mol. The number of fused-ring (bicyclic) bond motifs is 1. The number of hydrogen-bond donors (Lipinski definition) is 1. The Morgan fingerprint density at radius 3 is 2.71 bits per heavy atom. The van der Waals surface area contributed by atoms with Crippen LogP contribution < -0.4 is 5.56 Å². The summed E-state index contributed by atoms with van der Waals surface area (Å²) in [5.41, 5.74) is 2.62. The molecule has 4 rings (SSSR count). The third-order valence-corrected chi connectivity index (χ3v) is 4.63. The maximum absolute atomic E-state index is 13.9. The van der Waals surface area contributed by atoms with Gasteiger partial charge in [-0.1, -0.05) is 24.3 Å². The molecule has 0 amide bonds. The van der Waals surface area contributed by atoms with Gasteiger partial charge in [-0.15, -0.1) is 6.58 Å². The van der Waals surface area contributed by atoms with E-state index in [9.17, 15) is 14.4 Å². The number of allylic oxidation sites excluding steroid dienone is 1. The number of halogens is 1. The van der Waals surface area contributed by atoms with Crippen LogP contribution in [0.4, 0.5) is 4.39 Å².